The van der Waals surface area contributed by atoms with E-state index in [4.69, 9.17) is 0 Å². The molecule has 118 valence electrons. The fourth-order valence-corrected chi connectivity index (χ4v) is 3.00. The number of hydrogen-bond acceptors (Lipinski definition) is 4. The Hall–Kier alpha value is -1.92. The average Bonchev–Trinajstić information content (AvgIpc) is 2.46. The van der Waals surface area contributed by atoms with Crippen LogP contribution in [0.1, 0.15) is 29.8 Å². The summed E-state index contributed by atoms with van der Waals surface area (Å²) < 4.78 is 25.7. The van der Waals surface area contributed by atoms with Crippen LogP contribution in [-0.4, -0.2) is 20.4 Å². The van der Waals surface area contributed by atoms with E-state index in [2.05, 4.69) is 15.0 Å². The van der Waals surface area contributed by atoms with E-state index in [9.17, 15) is 8.42 Å². The molecule has 0 bridgehead atoms. The van der Waals surface area contributed by atoms with Gasteiger partial charge >= 0.3 is 0 Å². The summed E-state index contributed by atoms with van der Waals surface area (Å²) in [6.45, 7) is 6.00. The van der Waals surface area contributed by atoms with Crippen LogP contribution >= 0.6 is 0 Å². The van der Waals surface area contributed by atoms with Gasteiger partial charge in [-0.25, -0.2) is 18.1 Å². The first-order valence-electron chi connectivity index (χ1n) is 7.07. The summed E-state index contributed by atoms with van der Waals surface area (Å²) in [5, 5.41) is 3.34. The Balaban J connectivity index is 2.18. The third kappa shape index (κ3) is 3.84. The second-order valence-electron chi connectivity index (χ2n) is 5.31. The van der Waals surface area contributed by atoms with E-state index in [1.807, 2.05) is 45.0 Å². The van der Waals surface area contributed by atoms with Crippen molar-refractivity contribution in [3.8, 4) is 0 Å². The topological polar surface area (TPSA) is 71.1 Å². The molecular weight excluding hydrogens is 298 g/mol. The minimum Gasteiger partial charge on any atom is -0.364 e. The molecule has 0 aliphatic carbocycles. The van der Waals surface area contributed by atoms with Crippen LogP contribution in [-0.2, 0) is 10.0 Å². The van der Waals surface area contributed by atoms with Crippen molar-refractivity contribution in [2.24, 2.45) is 0 Å². The van der Waals surface area contributed by atoms with E-state index >= 15 is 0 Å². The number of aromatic nitrogens is 1. The molecule has 0 aliphatic rings. The average molecular weight is 319 g/mol. The summed E-state index contributed by atoms with van der Waals surface area (Å²) in [6, 6.07) is 10.9. The van der Waals surface area contributed by atoms with Crippen molar-refractivity contribution in [3.63, 3.8) is 0 Å². The van der Waals surface area contributed by atoms with E-state index in [1.54, 1.807) is 12.1 Å². The van der Waals surface area contributed by atoms with Crippen LogP contribution in [0.3, 0.4) is 0 Å². The van der Waals surface area contributed by atoms with Gasteiger partial charge in [-0.3, -0.25) is 0 Å². The fourth-order valence-electron chi connectivity index (χ4n) is 2.27. The largest absolute Gasteiger partial charge is 0.364 e. The number of nitrogens with one attached hydrogen (secondary N) is 2. The molecule has 0 unspecified atom stereocenters. The van der Waals surface area contributed by atoms with Crippen LogP contribution in [0.4, 0.5) is 5.82 Å². The molecule has 2 rings (SSSR count). The highest BCUT2D eigenvalue weighted by atomic mass is 32.2. The van der Waals surface area contributed by atoms with Crippen LogP contribution in [0.15, 0.2) is 41.3 Å². The Kier molecular flexibility index (Phi) is 4.83. The highest BCUT2D eigenvalue weighted by molar-refractivity contribution is 7.89. The molecular formula is C16H21N3O2S. The molecule has 0 saturated heterocycles. The van der Waals surface area contributed by atoms with Gasteiger partial charge in [0.05, 0.1) is 4.90 Å². The summed E-state index contributed by atoms with van der Waals surface area (Å²) in [6.07, 6.45) is 0. The second kappa shape index (κ2) is 6.46. The van der Waals surface area contributed by atoms with Crippen molar-refractivity contribution in [1.82, 2.24) is 9.71 Å². The van der Waals surface area contributed by atoms with Gasteiger partial charge < -0.3 is 5.32 Å². The van der Waals surface area contributed by atoms with Gasteiger partial charge in [-0.2, -0.15) is 0 Å². The number of pyridine rings is 1. The Labute approximate surface area is 131 Å². The lowest BCUT2D eigenvalue weighted by Crippen LogP contribution is -2.18. The Morgan fingerprint density at radius 3 is 2.27 bits per heavy atom. The lowest BCUT2D eigenvalue weighted by atomic mass is 10.1. The SMILES string of the molecule is CNS(=O)(=O)c1ccc([C@@H](C)Nc2cc(C)cc(C)n2)cc1. The summed E-state index contributed by atoms with van der Waals surface area (Å²) >= 11 is 0. The third-order valence-electron chi connectivity index (χ3n) is 3.42. The molecule has 0 amide bonds. The molecule has 2 N–H and O–H groups in total. The maximum absolute atomic E-state index is 11.7. The minimum atomic E-state index is -3.39. The highest BCUT2D eigenvalue weighted by Gasteiger charge is 2.12. The standard InChI is InChI=1S/C16H21N3O2S/c1-11-9-12(2)18-16(10-11)19-13(3)14-5-7-15(8-6-14)22(20,21)17-4/h5-10,13,17H,1-4H3,(H,18,19)/t13-/m1/s1. The van der Waals surface area contributed by atoms with Gasteiger partial charge in [-0.15, -0.1) is 0 Å². The Bertz CT molecular complexity index is 735. The normalized spacial score (nSPS) is 12.9. The van der Waals surface area contributed by atoms with Crippen molar-refractivity contribution in [2.45, 2.75) is 31.7 Å². The summed E-state index contributed by atoms with van der Waals surface area (Å²) in [5.74, 6) is 0.817. The lowest BCUT2D eigenvalue weighted by molar-refractivity contribution is 0.588. The van der Waals surface area contributed by atoms with Gasteiger partial charge in [0.25, 0.3) is 0 Å². The molecule has 1 heterocycles. The van der Waals surface area contributed by atoms with Crippen LogP contribution in [0.5, 0.6) is 0 Å². The maximum atomic E-state index is 11.7. The van der Waals surface area contributed by atoms with Gasteiger partial charge in [0.2, 0.25) is 10.0 Å². The van der Waals surface area contributed by atoms with Gasteiger partial charge in [-0.1, -0.05) is 12.1 Å². The van der Waals surface area contributed by atoms with Crippen LogP contribution < -0.4 is 10.0 Å². The molecule has 0 radical (unpaired) electrons. The molecule has 22 heavy (non-hydrogen) atoms. The van der Waals surface area contributed by atoms with Crippen molar-refractivity contribution < 1.29 is 8.42 Å². The van der Waals surface area contributed by atoms with Crippen LogP contribution in [0.25, 0.3) is 0 Å². The van der Waals surface area contributed by atoms with Crippen LogP contribution in [0, 0.1) is 13.8 Å². The Morgan fingerprint density at radius 1 is 1.09 bits per heavy atom. The number of aryl methyl sites for hydroxylation is 2. The first-order chi connectivity index (χ1) is 10.3. The molecule has 2 aromatic rings. The maximum Gasteiger partial charge on any atom is 0.240 e. The second-order valence-corrected chi connectivity index (χ2v) is 7.20. The van der Waals surface area contributed by atoms with E-state index in [0.717, 1.165) is 22.6 Å². The van der Waals surface area contributed by atoms with Crippen molar-refractivity contribution in [1.29, 1.82) is 0 Å². The zero-order valence-corrected chi connectivity index (χ0v) is 14.0. The lowest BCUT2D eigenvalue weighted by Gasteiger charge is -2.16. The fraction of sp³-hybridized carbons (Fsp3) is 0.312. The molecule has 6 heteroatoms. The Morgan fingerprint density at radius 2 is 1.73 bits per heavy atom. The predicted molar refractivity (Wildman–Crippen MR) is 88.4 cm³/mol. The number of anilines is 1. The number of nitrogens with zero attached hydrogens (tertiary/aromatic N) is 1. The molecule has 1 aromatic carbocycles. The quantitative estimate of drug-likeness (QED) is 0.889. The minimum absolute atomic E-state index is 0.0278. The smallest absolute Gasteiger partial charge is 0.240 e. The van der Waals surface area contributed by atoms with Crippen LogP contribution in [0.2, 0.25) is 0 Å². The van der Waals surface area contributed by atoms with E-state index in [-0.39, 0.29) is 10.9 Å². The molecule has 0 aliphatic heterocycles. The molecule has 0 fully saturated rings. The van der Waals surface area contributed by atoms with E-state index in [0.29, 0.717) is 0 Å². The molecule has 1 aromatic heterocycles. The number of rotatable bonds is 5. The van der Waals surface area contributed by atoms with E-state index < -0.39 is 10.0 Å². The zero-order valence-electron chi connectivity index (χ0n) is 13.2. The molecule has 5 nitrogen and oxygen atoms in total. The summed E-state index contributed by atoms with van der Waals surface area (Å²) in [4.78, 5) is 4.71. The molecule has 0 saturated carbocycles. The number of hydrogen-bond donors (Lipinski definition) is 2. The number of benzene rings is 1. The third-order valence-corrected chi connectivity index (χ3v) is 4.85. The summed E-state index contributed by atoms with van der Waals surface area (Å²) in [7, 11) is -1.99. The predicted octanol–water partition coefficient (Wildman–Crippen LogP) is 2.78. The van der Waals surface area contributed by atoms with Gasteiger partial charge in [0.15, 0.2) is 0 Å². The van der Waals surface area contributed by atoms with Crippen molar-refractivity contribution in [2.75, 3.05) is 12.4 Å². The zero-order chi connectivity index (χ0) is 16.3. The highest BCUT2D eigenvalue weighted by Crippen LogP contribution is 2.20. The number of sulfonamides is 1. The van der Waals surface area contributed by atoms with Crippen molar-refractivity contribution in [3.05, 3.63) is 53.2 Å². The first-order valence-corrected chi connectivity index (χ1v) is 8.55. The monoisotopic (exact) mass is 319 g/mol. The molecule has 1 atom stereocenters. The van der Waals surface area contributed by atoms with Gasteiger partial charge in [-0.05, 0) is 63.2 Å². The first kappa shape index (κ1) is 16.5. The summed E-state index contributed by atoms with van der Waals surface area (Å²) in [5.41, 5.74) is 3.11. The van der Waals surface area contributed by atoms with Gasteiger partial charge in [0.1, 0.15) is 5.82 Å². The van der Waals surface area contributed by atoms with E-state index in [1.165, 1.54) is 7.05 Å². The molecule has 0 spiro atoms. The van der Waals surface area contributed by atoms with Crippen molar-refractivity contribution >= 4 is 15.8 Å². The van der Waals surface area contributed by atoms with Gasteiger partial charge in [0, 0.05) is 11.7 Å².